The minimum Gasteiger partial charge on any atom is -0.106 e. The summed E-state index contributed by atoms with van der Waals surface area (Å²) in [7, 11) is 0. The summed E-state index contributed by atoms with van der Waals surface area (Å²) in [5, 5.41) is 0. The van der Waals surface area contributed by atoms with Crippen molar-refractivity contribution in [3.8, 4) is 0 Å². The molecule has 0 rings (SSSR count). The summed E-state index contributed by atoms with van der Waals surface area (Å²) in [6.07, 6.45) is 5.50. The lowest BCUT2D eigenvalue weighted by molar-refractivity contribution is 1.62. The Morgan fingerprint density at radius 3 is 1.44 bits per heavy atom. The van der Waals surface area contributed by atoms with E-state index >= 15 is 0 Å². The highest BCUT2D eigenvalue weighted by Gasteiger charge is 1.71. The molecule has 0 aliphatic carbocycles. The minimum atomic E-state index is 1.08. The van der Waals surface area contributed by atoms with Gasteiger partial charge in [-0.2, -0.15) is 0 Å². The van der Waals surface area contributed by atoms with Gasteiger partial charge in [0.15, 0.2) is 0 Å². The van der Waals surface area contributed by atoms with E-state index in [9.17, 15) is 0 Å². The van der Waals surface area contributed by atoms with Crippen molar-refractivity contribution in [2.24, 2.45) is 0 Å². The third kappa shape index (κ3) is 6.96. The summed E-state index contributed by atoms with van der Waals surface area (Å²) >= 11 is 0. The van der Waals surface area contributed by atoms with Crippen molar-refractivity contribution in [3.05, 3.63) is 50.1 Å². The van der Waals surface area contributed by atoms with Gasteiger partial charge in [-0.3, -0.25) is 0 Å². The van der Waals surface area contributed by atoms with Gasteiger partial charge in [0.1, 0.15) is 0 Å². The first-order chi connectivity index (χ1) is 4.35. The third-order valence-electron chi connectivity index (χ3n) is 0.805. The minimum absolute atomic E-state index is 1.08. The smallest absolute Gasteiger partial charge is 0.0311 e. The van der Waals surface area contributed by atoms with E-state index in [2.05, 4.69) is 26.3 Å². The van der Waals surface area contributed by atoms with Crippen LogP contribution in [0.4, 0.5) is 0 Å². The van der Waals surface area contributed by atoms with Crippen LogP contribution in [-0.4, -0.2) is 0 Å². The topological polar surface area (TPSA) is 0 Å². The van der Waals surface area contributed by atoms with Crippen molar-refractivity contribution in [1.29, 1.82) is 0 Å². The van der Waals surface area contributed by atoms with E-state index in [0.717, 1.165) is 5.57 Å². The molecule has 0 nitrogen and oxygen atoms in total. The zero-order valence-corrected chi connectivity index (χ0v) is 6.06. The molecule has 0 aromatic carbocycles. The van der Waals surface area contributed by atoms with Gasteiger partial charge in [-0.25, -0.2) is 0 Å². The molecule has 0 unspecified atom stereocenters. The third-order valence-corrected chi connectivity index (χ3v) is 0.805. The van der Waals surface area contributed by atoms with Gasteiger partial charge in [0.2, 0.25) is 0 Å². The lowest BCUT2D eigenvalue weighted by Crippen LogP contribution is -1.61. The van der Waals surface area contributed by atoms with Gasteiger partial charge in [0.05, 0.1) is 0 Å². The van der Waals surface area contributed by atoms with Crippen molar-refractivity contribution in [2.75, 3.05) is 0 Å². The van der Waals surface area contributed by atoms with Crippen LogP contribution in [0.15, 0.2) is 50.1 Å². The lowest BCUT2D eigenvalue weighted by Gasteiger charge is -1.82. The number of allylic oxidation sites excluding steroid dienone is 4. The van der Waals surface area contributed by atoms with Crippen LogP contribution in [0.5, 0.6) is 0 Å². The molecule has 0 bridgehead atoms. The molecule has 0 aliphatic rings. The Bertz CT molecular complexity index is 97.2. The van der Waals surface area contributed by atoms with Crippen LogP contribution in [0, 0.1) is 0 Å². The molecule has 0 atom stereocenters. The molecule has 0 heterocycles. The van der Waals surface area contributed by atoms with Crippen molar-refractivity contribution in [2.45, 2.75) is 6.92 Å². The maximum Gasteiger partial charge on any atom is -0.0311 e. The average Bonchev–Trinajstić information content (AvgIpc) is 1.96. The monoisotopic (exact) mass is 122 g/mol. The van der Waals surface area contributed by atoms with E-state index in [1.54, 1.807) is 12.2 Å². The Hall–Kier alpha value is -1.04. The molecule has 50 valence electrons. The molecule has 0 radical (unpaired) electrons. The van der Waals surface area contributed by atoms with E-state index < -0.39 is 0 Å². The molecule has 0 fully saturated rings. The van der Waals surface area contributed by atoms with Gasteiger partial charge >= 0.3 is 0 Å². The molecule has 0 aromatic heterocycles. The quantitative estimate of drug-likeness (QED) is 0.390. The van der Waals surface area contributed by atoms with Crippen molar-refractivity contribution in [1.82, 2.24) is 0 Å². The van der Waals surface area contributed by atoms with E-state index in [1.807, 2.05) is 13.0 Å². The Morgan fingerprint density at radius 2 is 1.44 bits per heavy atom. The average molecular weight is 122 g/mol. The SMILES string of the molecule is C=C.C=CC(C=C)=CC. The normalized spacial score (nSPS) is 5.89. The predicted molar refractivity (Wildman–Crippen MR) is 45.4 cm³/mol. The highest BCUT2D eigenvalue weighted by molar-refractivity contribution is 5.26. The van der Waals surface area contributed by atoms with Crippen LogP contribution < -0.4 is 0 Å². The summed E-state index contributed by atoms with van der Waals surface area (Å²) in [4.78, 5) is 0. The summed E-state index contributed by atoms with van der Waals surface area (Å²) in [6, 6.07) is 0. The second-order valence-electron chi connectivity index (χ2n) is 1.20. The summed E-state index contributed by atoms with van der Waals surface area (Å²) in [5.41, 5.74) is 1.08. The van der Waals surface area contributed by atoms with E-state index in [-0.39, 0.29) is 0 Å². The summed E-state index contributed by atoms with van der Waals surface area (Å²) in [5.74, 6) is 0. The Morgan fingerprint density at radius 1 is 1.11 bits per heavy atom. The van der Waals surface area contributed by atoms with Gasteiger partial charge in [-0.05, 0) is 12.5 Å². The maximum absolute atomic E-state index is 3.56. The van der Waals surface area contributed by atoms with Gasteiger partial charge in [0.25, 0.3) is 0 Å². The Labute approximate surface area is 57.9 Å². The highest BCUT2D eigenvalue weighted by Crippen LogP contribution is 1.92. The fourth-order valence-corrected chi connectivity index (χ4v) is 0.319. The fraction of sp³-hybridized carbons (Fsp3) is 0.111. The fourth-order valence-electron chi connectivity index (χ4n) is 0.319. The number of rotatable bonds is 2. The van der Waals surface area contributed by atoms with Gasteiger partial charge in [0, 0.05) is 0 Å². The molecule has 0 saturated heterocycles. The van der Waals surface area contributed by atoms with Gasteiger partial charge in [-0.15, -0.1) is 13.2 Å². The predicted octanol–water partition coefficient (Wildman–Crippen LogP) is 3.11. The largest absolute Gasteiger partial charge is 0.106 e. The van der Waals surface area contributed by atoms with Gasteiger partial charge < -0.3 is 0 Å². The lowest BCUT2D eigenvalue weighted by atomic mass is 10.2. The molecule has 0 spiro atoms. The first-order valence-electron chi connectivity index (χ1n) is 2.76. The van der Waals surface area contributed by atoms with Crippen molar-refractivity contribution in [3.63, 3.8) is 0 Å². The molecule has 9 heavy (non-hydrogen) atoms. The maximum atomic E-state index is 3.56. The molecular weight excluding hydrogens is 108 g/mol. The van der Waals surface area contributed by atoms with E-state index in [1.165, 1.54) is 0 Å². The van der Waals surface area contributed by atoms with E-state index in [4.69, 9.17) is 0 Å². The molecular formula is C9H14. The number of hydrogen-bond donors (Lipinski definition) is 0. The Balaban J connectivity index is 0. The molecule has 0 N–H and O–H groups in total. The van der Waals surface area contributed by atoms with Crippen LogP contribution in [0.2, 0.25) is 0 Å². The summed E-state index contributed by atoms with van der Waals surface area (Å²) < 4.78 is 0. The van der Waals surface area contributed by atoms with Crippen molar-refractivity contribution < 1.29 is 0 Å². The van der Waals surface area contributed by atoms with Crippen LogP contribution in [0.3, 0.4) is 0 Å². The second kappa shape index (κ2) is 10.0. The molecule has 0 saturated carbocycles. The standard InChI is InChI=1S/C7H10.C2H4/c1-4-7(5-2)6-3;1-2/h4-6H,1-2H2,3H3;1-2H2. The van der Waals surface area contributed by atoms with Crippen LogP contribution in [0.25, 0.3) is 0 Å². The molecule has 0 heteroatoms. The summed E-state index contributed by atoms with van der Waals surface area (Å²) in [6.45, 7) is 15.1. The van der Waals surface area contributed by atoms with Crippen LogP contribution in [0.1, 0.15) is 6.92 Å². The van der Waals surface area contributed by atoms with Crippen LogP contribution in [-0.2, 0) is 0 Å². The Kier molecular flexibility index (Phi) is 12.1. The molecule has 0 aliphatic heterocycles. The van der Waals surface area contributed by atoms with Gasteiger partial charge in [-0.1, -0.05) is 31.4 Å². The highest BCUT2D eigenvalue weighted by atomic mass is 13.8. The first-order valence-corrected chi connectivity index (χ1v) is 2.76. The molecule has 0 aromatic rings. The number of hydrogen-bond acceptors (Lipinski definition) is 0. The zero-order valence-electron chi connectivity index (χ0n) is 6.06. The first kappa shape index (κ1) is 10.9. The molecule has 0 amide bonds. The van der Waals surface area contributed by atoms with E-state index in [0.29, 0.717) is 0 Å². The zero-order chi connectivity index (χ0) is 7.70. The van der Waals surface area contributed by atoms with Crippen LogP contribution >= 0.6 is 0 Å². The second-order valence-corrected chi connectivity index (χ2v) is 1.20. The van der Waals surface area contributed by atoms with Crippen molar-refractivity contribution >= 4 is 0 Å².